The number of nitrogens with zero attached hydrogens (tertiary/aromatic N) is 2. The van der Waals surface area contributed by atoms with E-state index in [9.17, 15) is 14.4 Å². The predicted molar refractivity (Wildman–Crippen MR) is 90.7 cm³/mol. The molecule has 24 heavy (non-hydrogen) atoms. The maximum absolute atomic E-state index is 12.5. The Kier molecular flexibility index (Phi) is 6.60. The highest BCUT2D eigenvalue weighted by atomic mass is 32.1. The van der Waals surface area contributed by atoms with Crippen molar-refractivity contribution >= 4 is 29.2 Å². The smallest absolute Gasteiger partial charge is 0.409 e. The topological polar surface area (TPSA) is 79.0 Å². The number of hydrogen-bond acceptors (Lipinski definition) is 5. The molecule has 8 heteroatoms. The molecule has 132 valence electrons. The fourth-order valence-electron chi connectivity index (χ4n) is 2.61. The minimum absolute atomic E-state index is 0.0225. The van der Waals surface area contributed by atoms with Crippen LogP contribution in [-0.2, 0) is 14.3 Å². The number of rotatable bonds is 5. The molecule has 0 bridgehead atoms. The average Bonchev–Trinajstić information content (AvgIpc) is 3.08. The van der Waals surface area contributed by atoms with E-state index in [0.29, 0.717) is 32.8 Å². The van der Waals surface area contributed by atoms with Gasteiger partial charge < -0.3 is 19.9 Å². The van der Waals surface area contributed by atoms with Crippen LogP contribution < -0.4 is 5.32 Å². The molecule has 0 aliphatic carbocycles. The molecule has 0 aromatic carbocycles. The summed E-state index contributed by atoms with van der Waals surface area (Å²) in [5, 5.41) is 4.76. The van der Waals surface area contributed by atoms with Crippen molar-refractivity contribution in [3.05, 3.63) is 22.4 Å². The van der Waals surface area contributed by atoms with Gasteiger partial charge in [-0.25, -0.2) is 4.79 Å². The lowest BCUT2D eigenvalue weighted by Crippen LogP contribution is -2.51. The average molecular weight is 353 g/mol. The zero-order valence-electron chi connectivity index (χ0n) is 14.0. The van der Waals surface area contributed by atoms with Gasteiger partial charge in [0.1, 0.15) is 0 Å². The van der Waals surface area contributed by atoms with E-state index >= 15 is 0 Å². The van der Waals surface area contributed by atoms with Gasteiger partial charge in [0.05, 0.1) is 19.1 Å². The molecule has 0 spiro atoms. The van der Waals surface area contributed by atoms with Crippen LogP contribution in [0.5, 0.6) is 0 Å². The molecule has 3 amide bonds. The number of carbonyl (C=O) groups excluding carboxylic acids is 3. The third-order valence-corrected chi connectivity index (χ3v) is 4.79. The number of hydrogen-bond donors (Lipinski definition) is 1. The van der Waals surface area contributed by atoms with E-state index in [0.717, 1.165) is 4.88 Å². The van der Waals surface area contributed by atoms with Crippen molar-refractivity contribution in [3.63, 3.8) is 0 Å². The molecule has 2 heterocycles. The van der Waals surface area contributed by atoms with Crippen LogP contribution in [0.1, 0.15) is 31.2 Å². The van der Waals surface area contributed by atoms with Crippen molar-refractivity contribution in [2.75, 3.05) is 32.8 Å². The lowest BCUT2D eigenvalue weighted by atomic mass is 10.1. The van der Waals surface area contributed by atoms with Crippen molar-refractivity contribution in [2.45, 2.75) is 26.3 Å². The summed E-state index contributed by atoms with van der Waals surface area (Å²) >= 11 is 1.52. The molecule has 1 saturated heterocycles. The fraction of sp³-hybridized carbons (Fsp3) is 0.562. The van der Waals surface area contributed by atoms with E-state index in [2.05, 4.69) is 5.32 Å². The Bertz CT molecular complexity index is 568. The molecule has 0 radical (unpaired) electrons. The fourth-order valence-corrected chi connectivity index (χ4v) is 3.39. The van der Waals surface area contributed by atoms with E-state index in [4.69, 9.17) is 4.74 Å². The predicted octanol–water partition coefficient (Wildman–Crippen LogP) is 1.62. The van der Waals surface area contributed by atoms with Gasteiger partial charge in [0.2, 0.25) is 11.8 Å². The first-order valence-electron chi connectivity index (χ1n) is 8.01. The van der Waals surface area contributed by atoms with Crippen molar-refractivity contribution in [1.82, 2.24) is 15.1 Å². The molecule has 7 nitrogen and oxygen atoms in total. The van der Waals surface area contributed by atoms with Crippen LogP contribution in [0.4, 0.5) is 4.79 Å². The van der Waals surface area contributed by atoms with Gasteiger partial charge in [-0.05, 0) is 18.4 Å². The minimum Gasteiger partial charge on any atom is -0.450 e. The van der Waals surface area contributed by atoms with Crippen LogP contribution in [0.15, 0.2) is 17.5 Å². The highest BCUT2D eigenvalue weighted by molar-refractivity contribution is 7.10. The minimum atomic E-state index is -0.334. The maximum Gasteiger partial charge on any atom is 0.409 e. The highest BCUT2D eigenvalue weighted by Gasteiger charge is 2.27. The number of amides is 3. The van der Waals surface area contributed by atoms with Crippen molar-refractivity contribution < 1.29 is 19.1 Å². The van der Waals surface area contributed by atoms with E-state index in [-0.39, 0.29) is 30.4 Å². The van der Waals surface area contributed by atoms with Crippen LogP contribution in [0, 0.1) is 0 Å². The summed E-state index contributed by atoms with van der Waals surface area (Å²) in [6.07, 6.45) is -0.112. The molecule has 1 unspecified atom stereocenters. The lowest BCUT2D eigenvalue weighted by molar-refractivity contribution is -0.133. The molecule has 2 rings (SSSR count). The Morgan fingerprint density at radius 2 is 1.92 bits per heavy atom. The number of nitrogens with one attached hydrogen (secondary N) is 1. The Labute approximate surface area is 145 Å². The summed E-state index contributed by atoms with van der Waals surface area (Å²) in [6, 6.07) is 3.51. The van der Waals surface area contributed by atoms with Crippen molar-refractivity contribution in [2.24, 2.45) is 0 Å². The molecular formula is C16H23N3O4S. The summed E-state index contributed by atoms with van der Waals surface area (Å²) in [4.78, 5) is 39.9. The second-order valence-corrected chi connectivity index (χ2v) is 6.52. The van der Waals surface area contributed by atoms with E-state index in [1.807, 2.05) is 17.5 Å². The van der Waals surface area contributed by atoms with Gasteiger partial charge in [-0.1, -0.05) is 6.07 Å². The SMILES string of the molecule is CCOC(=O)N1CCN(C(=O)CC(NC(C)=O)c2cccs2)CC1. The number of carbonyl (C=O) groups is 3. The summed E-state index contributed by atoms with van der Waals surface area (Å²) in [5.41, 5.74) is 0. The quantitative estimate of drug-likeness (QED) is 0.872. The van der Waals surface area contributed by atoms with E-state index in [1.54, 1.807) is 16.7 Å². The molecule has 1 aromatic rings. The zero-order valence-corrected chi connectivity index (χ0v) is 14.8. The first-order chi connectivity index (χ1) is 11.5. The third kappa shape index (κ3) is 4.95. The molecule has 1 fully saturated rings. The molecule has 1 N–H and O–H groups in total. The largest absolute Gasteiger partial charge is 0.450 e. The zero-order chi connectivity index (χ0) is 17.5. The van der Waals surface area contributed by atoms with Gasteiger partial charge in [0.25, 0.3) is 0 Å². The summed E-state index contributed by atoms with van der Waals surface area (Å²) in [6.45, 7) is 5.46. The number of thiophene rings is 1. The first kappa shape index (κ1) is 18.3. The van der Waals surface area contributed by atoms with Crippen LogP contribution in [0.2, 0.25) is 0 Å². The Balaban J connectivity index is 1.89. The van der Waals surface area contributed by atoms with Gasteiger partial charge in [0, 0.05) is 38.0 Å². The van der Waals surface area contributed by atoms with Gasteiger partial charge in [-0.15, -0.1) is 11.3 Å². The van der Waals surface area contributed by atoms with Crippen molar-refractivity contribution in [3.8, 4) is 0 Å². The summed E-state index contributed by atoms with van der Waals surface area (Å²) in [7, 11) is 0. The summed E-state index contributed by atoms with van der Waals surface area (Å²) in [5.74, 6) is -0.181. The van der Waals surface area contributed by atoms with Crippen LogP contribution in [0.3, 0.4) is 0 Å². The number of ether oxygens (including phenoxy) is 1. The molecule has 0 saturated carbocycles. The van der Waals surface area contributed by atoms with Crippen molar-refractivity contribution in [1.29, 1.82) is 0 Å². The summed E-state index contributed by atoms with van der Waals surface area (Å²) < 4.78 is 4.97. The Morgan fingerprint density at radius 3 is 2.46 bits per heavy atom. The molecule has 1 aromatic heterocycles. The lowest BCUT2D eigenvalue weighted by Gasteiger charge is -2.34. The molecule has 1 aliphatic rings. The normalized spacial score (nSPS) is 15.8. The molecule has 1 aliphatic heterocycles. The van der Waals surface area contributed by atoms with E-state index in [1.165, 1.54) is 18.3 Å². The maximum atomic E-state index is 12.5. The molecule has 1 atom stereocenters. The highest BCUT2D eigenvalue weighted by Crippen LogP contribution is 2.23. The van der Waals surface area contributed by atoms with Crippen LogP contribution in [-0.4, -0.2) is 60.5 Å². The van der Waals surface area contributed by atoms with Gasteiger partial charge >= 0.3 is 6.09 Å². The Morgan fingerprint density at radius 1 is 1.25 bits per heavy atom. The Hall–Kier alpha value is -2.09. The van der Waals surface area contributed by atoms with E-state index < -0.39 is 0 Å². The molecular weight excluding hydrogens is 330 g/mol. The van der Waals surface area contributed by atoms with Gasteiger partial charge in [-0.2, -0.15) is 0 Å². The number of piperazine rings is 1. The van der Waals surface area contributed by atoms with Crippen LogP contribution >= 0.6 is 11.3 Å². The monoisotopic (exact) mass is 353 g/mol. The van der Waals surface area contributed by atoms with Crippen LogP contribution in [0.25, 0.3) is 0 Å². The standard InChI is InChI=1S/C16H23N3O4S/c1-3-23-16(22)19-8-6-18(7-9-19)15(21)11-13(17-12(2)20)14-5-4-10-24-14/h4-5,10,13H,3,6-9,11H2,1-2H3,(H,17,20). The van der Waals surface area contributed by atoms with Gasteiger partial charge in [-0.3, -0.25) is 9.59 Å². The first-order valence-corrected chi connectivity index (χ1v) is 8.89. The third-order valence-electron chi connectivity index (χ3n) is 3.80. The second kappa shape index (κ2) is 8.68. The van der Waals surface area contributed by atoms with Gasteiger partial charge in [0.15, 0.2) is 0 Å². The second-order valence-electron chi connectivity index (χ2n) is 5.54.